The Labute approximate surface area is 179 Å². The topological polar surface area (TPSA) is 78.9 Å². The first-order valence-corrected chi connectivity index (χ1v) is 10.9. The molecule has 0 radical (unpaired) electrons. The van der Waals surface area contributed by atoms with Gasteiger partial charge in [-0.2, -0.15) is 4.98 Å². The zero-order valence-corrected chi connectivity index (χ0v) is 17.6. The average molecular weight is 426 g/mol. The molecule has 0 unspecified atom stereocenters. The molecule has 8 heteroatoms. The normalized spacial score (nSPS) is 13.1. The molecule has 1 saturated carbocycles. The van der Waals surface area contributed by atoms with Crippen molar-refractivity contribution < 1.29 is 9.18 Å². The van der Waals surface area contributed by atoms with E-state index in [2.05, 4.69) is 25.9 Å². The molecule has 1 amide bonds. The number of halogens is 1. The molecule has 0 atom stereocenters. The fourth-order valence-corrected chi connectivity index (χ4v) is 3.91. The highest BCUT2D eigenvalue weighted by molar-refractivity contribution is 7.13. The first-order valence-electron chi connectivity index (χ1n) is 10.1. The molecule has 1 aliphatic carbocycles. The van der Waals surface area contributed by atoms with Gasteiger partial charge < -0.3 is 16.0 Å². The van der Waals surface area contributed by atoms with Crippen LogP contribution < -0.4 is 16.0 Å². The van der Waals surface area contributed by atoms with Gasteiger partial charge >= 0.3 is 0 Å². The van der Waals surface area contributed by atoms with Crippen molar-refractivity contribution in [1.82, 2.24) is 15.3 Å². The number of anilines is 3. The quantitative estimate of drug-likeness (QED) is 0.428. The molecule has 0 spiro atoms. The van der Waals surface area contributed by atoms with E-state index in [4.69, 9.17) is 0 Å². The van der Waals surface area contributed by atoms with Crippen LogP contribution in [0.3, 0.4) is 0 Å². The van der Waals surface area contributed by atoms with Crippen LogP contribution in [0, 0.1) is 12.7 Å². The van der Waals surface area contributed by atoms with Gasteiger partial charge in [0.25, 0.3) is 5.91 Å². The van der Waals surface area contributed by atoms with Crippen molar-refractivity contribution in [3.8, 4) is 0 Å². The number of amides is 1. The Morgan fingerprint density at radius 2 is 2.10 bits per heavy atom. The number of nitrogens with one attached hydrogen (secondary N) is 3. The van der Waals surface area contributed by atoms with Gasteiger partial charge in [0.15, 0.2) is 0 Å². The number of hydrogen-bond acceptors (Lipinski definition) is 6. The van der Waals surface area contributed by atoms with Gasteiger partial charge in [-0.15, -0.1) is 11.3 Å². The molecule has 1 aliphatic rings. The van der Waals surface area contributed by atoms with Gasteiger partial charge in [-0.3, -0.25) is 4.79 Å². The monoisotopic (exact) mass is 425 g/mol. The summed E-state index contributed by atoms with van der Waals surface area (Å²) in [7, 11) is 0. The van der Waals surface area contributed by atoms with E-state index < -0.39 is 0 Å². The predicted octanol–water partition coefficient (Wildman–Crippen LogP) is 4.84. The average Bonchev–Trinajstić information content (AvgIpc) is 3.47. The maximum atomic E-state index is 13.4. The van der Waals surface area contributed by atoms with Gasteiger partial charge in [-0.25, -0.2) is 9.37 Å². The molecular formula is C22H24FN5OS. The highest BCUT2D eigenvalue weighted by Crippen LogP contribution is 2.42. The molecule has 4 rings (SSSR count). The van der Waals surface area contributed by atoms with Crippen LogP contribution in [0.2, 0.25) is 0 Å². The van der Waals surface area contributed by atoms with Gasteiger partial charge in [0.05, 0.1) is 4.88 Å². The van der Waals surface area contributed by atoms with E-state index in [1.54, 1.807) is 12.1 Å². The summed E-state index contributed by atoms with van der Waals surface area (Å²) in [5, 5.41) is 9.37. The number of benzene rings is 1. The van der Waals surface area contributed by atoms with Gasteiger partial charge in [0.1, 0.15) is 11.6 Å². The van der Waals surface area contributed by atoms with Crippen LogP contribution in [0.5, 0.6) is 0 Å². The van der Waals surface area contributed by atoms with Crippen molar-refractivity contribution >= 4 is 34.7 Å². The fraction of sp³-hybridized carbons (Fsp3) is 0.318. The molecule has 1 fully saturated rings. The molecule has 0 saturated heterocycles. The zero-order chi connectivity index (χ0) is 20.9. The summed E-state index contributed by atoms with van der Waals surface area (Å²) in [6, 6.07) is 10.0. The molecular weight excluding hydrogens is 401 g/mol. The van der Waals surface area contributed by atoms with E-state index in [0.717, 1.165) is 40.4 Å². The molecule has 156 valence electrons. The highest BCUT2D eigenvalue weighted by Gasteiger charge is 2.27. The summed E-state index contributed by atoms with van der Waals surface area (Å²) < 4.78 is 13.4. The summed E-state index contributed by atoms with van der Waals surface area (Å²) in [5.41, 5.74) is 1.71. The smallest absolute Gasteiger partial charge is 0.261 e. The van der Waals surface area contributed by atoms with Crippen LogP contribution in [-0.4, -0.2) is 29.0 Å². The second kappa shape index (κ2) is 9.21. The van der Waals surface area contributed by atoms with Crippen LogP contribution in [0.1, 0.15) is 45.3 Å². The van der Waals surface area contributed by atoms with Crippen LogP contribution in [0.4, 0.5) is 21.8 Å². The van der Waals surface area contributed by atoms with E-state index in [-0.39, 0.29) is 11.7 Å². The number of carbonyl (C=O) groups is 1. The molecule has 0 aliphatic heterocycles. The van der Waals surface area contributed by atoms with Crippen molar-refractivity contribution in [2.24, 2.45) is 0 Å². The van der Waals surface area contributed by atoms with Crippen LogP contribution >= 0.6 is 11.3 Å². The van der Waals surface area contributed by atoms with Crippen LogP contribution in [0.25, 0.3) is 0 Å². The fourth-order valence-electron chi connectivity index (χ4n) is 3.12. The maximum absolute atomic E-state index is 13.4. The molecule has 30 heavy (non-hydrogen) atoms. The van der Waals surface area contributed by atoms with Crippen LogP contribution in [0.15, 0.2) is 42.6 Å². The number of hydrogen-bond donors (Lipinski definition) is 3. The molecule has 3 aromatic rings. The lowest BCUT2D eigenvalue weighted by molar-refractivity contribution is 0.0957. The summed E-state index contributed by atoms with van der Waals surface area (Å²) in [6.07, 6.45) is 4.91. The number of rotatable bonds is 9. The lowest BCUT2D eigenvalue weighted by Crippen LogP contribution is -2.25. The van der Waals surface area contributed by atoms with Crippen molar-refractivity contribution in [3.63, 3.8) is 0 Å². The molecule has 6 nitrogen and oxygen atoms in total. The summed E-state index contributed by atoms with van der Waals surface area (Å²) >= 11 is 1.50. The molecule has 2 heterocycles. The second-order valence-corrected chi connectivity index (χ2v) is 8.64. The Hall–Kier alpha value is -3.00. The van der Waals surface area contributed by atoms with Gasteiger partial charge in [0.2, 0.25) is 5.95 Å². The van der Waals surface area contributed by atoms with E-state index in [0.29, 0.717) is 30.6 Å². The molecule has 2 aromatic heterocycles. The largest absolute Gasteiger partial charge is 0.370 e. The van der Waals surface area contributed by atoms with Crippen molar-refractivity contribution in [1.29, 1.82) is 0 Å². The Kier molecular flexibility index (Phi) is 6.23. The van der Waals surface area contributed by atoms with E-state index >= 15 is 0 Å². The number of carbonyl (C=O) groups excluding carboxylic acids is 1. The van der Waals surface area contributed by atoms with Crippen molar-refractivity contribution in [3.05, 3.63) is 63.7 Å². The zero-order valence-electron chi connectivity index (χ0n) is 16.7. The third-order valence-corrected chi connectivity index (χ3v) is 5.81. The van der Waals surface area contributed by atoms with Crippen LogP contribution in [-0.2, 0) is 0 Å². The Bertz CT molecular complexity index is 1030. The van der Waals surface area contributed by atoms with Crippen molar-refractivity contribution in [2.45, 2.75) is 32.1 Å². The summed E-state index contributed by atoms with van der Waals surface area (Å²) in [6.45, 7) is 3.25. The number of aromatic nitrogens is 2. The lowest BCUT2D eigenvalue weighted by Gasteiger charge is -2.13. The van der Waals surface area contributed by atoms with E-state index in [1.807, 2.05) is 25.3 Å². The molecule has 1 aromatic carbocycles. The van der Waals surface area contributed by atoms with Gasteiger partial charge in [-0.1, -0.05) is 6.07 Å². The standard InChI is InChI=1S/C22H24FN5OS/c1-14-6-9-19(30-14)21(29)25-11-3-10-24-20-18(15-7-8-15)13-26-22(28-20)27-17-5-2-4-16(23)12-17/h2,4-6,9,12-13,15H,3,7-8,10-11H2,1H3,(H,25,29)(H2,24,26,27,28). The third kappa shape index (κ3) is 5.33. The third-order valence-electron chi connectivity index (χ3n) is 4.81. The Morgan fingerprint density at radius 1 is 1.23 bits per heavy atom. The number of thiophene rings is 1. The van der Waals surface area contributed by atoms with Gasteiger partial charge in [-0.05, 0) is 62.4 Å². The second-order valence-electron chi connectivity index (χ2n) is 7.35. The lowest BCUT2D eigenvalue weighted by atomic mass is 10.2. The highest BCUT2D eigenvalue weighted by atomic mass is 32.1. The maximum Gasteiger partial charge on any atom is 0.261 e. The number of aryl methyl sites for hydroxylation is 1. The molecule has 3 N–H and O–H groups in total. The SMILES string of the molecule is Cc1ccc(C(=O)NCCCNc2nc(Nc3cccc(F)c3)ncc2C2CC2)s1. The summed E-state index contributed by atoms with van der Waals surface area (Å²) in [5.74, 6) is 1.38. The van der Waals surface area contributed by atoms with E-state index in [1.165, 1.54) is 23.5 Å². The minimum Gasteiger partial charge on any atom is -0.370 e. The minimum absolute atomic E-state index is 0.0321. The van der Waals surface area contributed by atoms with Crippen molar-refractivity contribution in [2.75, 3.05) is 23.7 Å². The Balaban J connectivity index is 1.32. The van der Waals surface area contributed by atoms with E-state index in [9.17, 15) is 9.18 Å². The first-order chi connectivity index (χ1) is 14.6. The predicted molar refractivity (Wildman–Crippen MR) is 118 cm³/mol. The Morgan fingerprint density at radius 3 is 2.83 bits per heavy atom. The molecule has 0 bridgehead atoms. The number of nitrogens with zero attached hydrogens (tertiary/aromatic N) is 2. The van der Waals surface area contributed by atoms with Gasteiger partial charge in [0, 0.05) is 35.4 Å². The first kappa shape index (κ1) is 20.3. The summed E-state index contributed by atoms with van der Waals surface area (Å²) in [4.78, 5) is 23.0. The minimum atomic E-state index is -0.312.